The van der Waals surface area contributed by atoms with Crippen molar-refractivity contribution in [3.05, 3.63) is 36.5 Å². The Morgan fingerprint density at radius 2 is 0.800 bits per heavy atom. The standard InChI is InChI=1S/C65H125N2O7P/c1-7-10-13-16-19-22-25-28-30-31-32-33-34-35-37-39-42-45-48-51-54-57-64(68)66-62(61-73-75(70,71)72-60-59-67(4,5)6)63(56-53-50-47-44-41-38-27-24-21-18-15-12-9-3)74-65(69)58-55-52-49-46-43-40-36-29-26-23-20-17-14-11-8-2/h20,23,26,29,53,56,62-63H,7-19,21-22,24-25,27-28,30-52,54-55,57-61H2,1-6H3,(H-,66,68,70,71)/p+1/b23-20+,29-26+,56-53+. The fraction of sp³-hybridized carbons (Fsp3) is 0.877. The van der Waals surface area contributed by atoms with E-state index in [0.29, 0.717) is 17.4 Å². The number of hydrogen-bond acceptors (Lipinski definition) is 6. The summed E-state index contributed by atoms with van der Waals surface area (Å²) in [5, 5.41) is 3.06. The summed E-state index contributed by atoms with van der Waals surface area (Å²) in [6.45, 7) is 7.02. The van der Waals surface area contributed by atoms with Gasteiger partial charge in [0.1, 0.15) is 19.3 Å². The molecule has 0 fully saturated rings. The summed E-state index contributed by atoms with van der Waals surface area (Å²) in [6, 6.07) is -0.849. The van der Waals surface area contributed by atoms with Crippen molar-refractivity contribution in [2.75, 3.05) is 40.9 Å². The van der Waals surface area contributed by atoms with Crippen LogP contribution in [0.5, 0.6) is 0 Å². The van der Waals surface area contributed by atoms with E-state index in [1.165, 1.54) is 205 Å². The summed E-state index contributed by atoms with van der Waals surface area (Å²) >= 11 is 0. The number of carbonyl (C=O) groups is 2. The van der Waals surface area contributed by atoms with Gasteiger partial charge in [-0.3, -0.25) is 18.6 Å². The van der Waals surface area contributed by atoms with Crippen molar-refractivity contribution < 1.29 is 37.3 Å². The highest BCUT2D eigenvalue weighted by Crippen LogP contribution is 2.43. The van der Waals surface area contributed by atoms with Gasteiger partial charge in [-0.1, -0.05) is 282 Å². The zero-order valence-corrected chi connectivity index (χ0v) is 51.5. The first-order valence-corrected chi connectivity index (χ1v) is 33.8. The molecule has 0 saturated heterocycles. The molecular formula is C65H126N2O7P+. The lowest BCUT2D eigenvalue weighted by Gasteiger charge is -2.27. The van der Waals surface area contributed by atoms with E-state index in [2.05, 4.69) is 50.4 Å². The molecule has 75 heavy (non-hydrogen) atoms. The fourth-order valence-electron chi connectivity index (χ4n) is 9.58. The average Bonchev–Trinajstić information content (AvgIpc) is 3.37. The highest BCUT2D eigenvalue weighted by Gasteiger charge is 2.30. The number of amides is 1. The molecule has 0 saturated carbocycles. The summed E-state index contributed by atoms with van der Waals surface area (Å²) < 4.78 is 30.7. The summed E-state index contributed by atoms with van der Waals surface area (Å²) in [4.78, 5) is 37.7. The third kappa shape index (κ3) is 56.8. The molecule has 0 aliphatic heterocycles. The second kappa shape index (κ2) is 55.5. The van der Waals surface area contributed by atoms with Crippen LogP contribution in [0.2, 0.25) is 0 Å². The number of ether oxygens (including phenoxy) is 1. The second-order valence-electron chi connectivity index (χ2n) is 23.3. The van der Waals surface area contributed by atoms with Gasteiger partial charge in [0, 0.05) is 12.8 Å². The molecule has 9 nitrogen and oxygen atoms in total. The van der Waals surface area contributed by atoms with E-state index in [0.717, 1.165) is 77.0 Å². The number of allylic oxidation sites excluding steroid dienone is 5. The Labute approximate surface area is 466 Å². The van der Waals surface area contributed by atoms with Gasteiger partial charge in [0.25, 0.3) is 0 Å². The molecule has 10 heteroatoms. The van der Waals surface area contributed by atoms with E-state index in [-0.39, 0.29) is 31.5 Å². The summed E-state index contributed by atoms with van der Waals surface area (Å²) in [6.07, 6.45) is 67.1. The van der Waals surface area contributed by atoms with Crippen molar-refractivity contribution in [1.29, 1.82) is 0 Å². The molecule has 1 amide bonds. The highest BCUT2D eigenvalue weighted by molar-refractivity contribution is 7.47. The summed E-state index contributed by atoms with van der Waals surface area (Å²) in [5.41, 5.74) is 0. The number of unbranched alkanes of at least 4 members (excludes halogenated alkanes) is 40. The number of nitrogens with one attached hydrogen (secondary N) is 1. The zero-order chi connectivity index (χ0) is 55.0. The number of carbonyl (C=O) groups excluding carboxylic acids is 2. The van der Waals surface area contributed by atoms with Gasteiger partial charge in [0.15, 0.2) is 0 Å². The van der Waals surface area contributed by atoms with E-state index in [1.807, 2.05) is 33.3 Å². The fourth-order valence-corrected chi connectivity index (χ4v) is 10.3. The summed E-state index contributed by atoms with van der Waals surface area (Å²) in [7, 11) is 1.50. The zero-order valence-electron chi connectivity index (χ0n) is 50.6. The summed E-state index contributed by atoms with van der Waals surface area (Å²) in [5.74, 6) is -0.503. The predicted octanol–water partition coefficient (Wildman–Crippen LogP) is 19.9. The number of likely N-dealkylation sites (N-methyl/N-ethyl adjacent to an activating group) is 1. The van der Waals surface area contributed by atoms with E-state index < -0.39 is 20.0 Å². The van der Waals surface area contributed by atoms with E-state index >= 15 is 0 Å². The Morgan fingerprint density at radius 1 is 0.467 bits per heavy atom. The number of quaternary nitrogens is 1. The van der Waals surface area contributed by atoms with Crippen LogP contribution in [0, 0.1) is 0 Å². The van der Waals surface area contributed by atoms with Crippen LogP contribution in [0.15, 0.2) is 36.5 Å². The van der Waals surface area contributed by atoms with Crippen LogP contribution in [0.3, 0.4) is 0 Å². The van der Waals surface area contributed by atoms with Crippen molar-refractivity contribution in [3.63, 3.8) is 0 Å². The van der Waals surface area contributed by atoms with Gasteiger partial charge in [0.05, 0.1) is 33.8 Å². The predicted molar refractivity (Wildman–Crippen MR) is 323 cm³/mol. The maximum absolute atomic E-state index is 13.6. The molecule has 0 radical (unpaired) electrons. The third-order valence-electron chi connectivity index (χ3n) is 14.6. The molecule has 442 valence electrons. The third-order valence-corrected chi connectivity index (χ3v) is 15.6. The van der Waals surface area contributed by atoms with Crippen molar-refractivity contribution >= 4 is 19.7 Å². The number of hydrogen-bond donors (Lipinski definition) is 2. The quantitative estimate of drug-likeness (QED) is 0.0156. The van der Waals surface area contributed by atoms with Crippen molar-refractivity contribution in [3.8, 4) is 0 Å². The van der Waals surface area contributed by atoms with Crippen LogP contribution in [-0.4, -0.2) is 74.3 Å². The molecule has 3 unspecified atom stereocenters. The SMILES string of the molecule is CCCCC/C=C/C=C/CCCCCCCCC(=O)OC(/C=C/CCCCCCCCCCCCC)C(COP(=O)(O)OCC[N+](C)(C)C)NC(=O)CCCCCCCCCCCCCCCCCCCCCCC. The molecule has 0 aromatic heterocycles. The normalized spacial score (nSPS) is 13.9. The van der Waals surface area contributed by atoms with Crippen LogP contribution in [0.1, 0.15) is 316 Å². The lowest BCUT2D eigenvalue weighted by molar-refractivity contribution is -0.870. The smallest absolute Gasteiger partial charge is 0.456 e. The van der Waals surface area contributed by atoms with Crippen molar-refractivity contribution in [1.82, 2.24) is 5.32 Å². The molecule has 0 aliphatic carbocycles. The first kappa shape index (κ1) is 73.2. The van der Waals surface area contributed by atoms with Crippen LogP contribution in [0.4, 0.5) is 0 Å². The maximum atomic E-state index is 13.6. The topological polar surface area (TPSA) is 111 Å². The van der Waals surface area contributed by atoms with Crippen LogP contribution < -0.4 is 5.32 Å². The van der Waals surface area contributed by atoms with Gasteiger partial charge >= 0.3 is 13.8 Å². The first-order chi connectivity index (χ1) is 36.4. The van der Waals surface area contributed by atoms with E-state index in [1.54, 1.807) is 0 Å². The minimum Gasteiger partial charge on any atom is -0.456 e. The number of esters is 1. The molecule has 3 atom stereocenters. The van der Waals surface area contributed by atoms with Crippen LogP contribution in [0.25, 0.3) is 0 Å². The minimum absolute atomic E-state index is 0.0406. The van der Waals surface area contributed by atoms with Crippen LogP contribution in [-0.2, 0) is 27.9 Å². The van der Waals surface area contributed by atoms with E-state index in [4.69, 9.17) is 13.8 Å². The molecule has 0 aromatic carbocycles. The highest BCUT2D eigenvalue weighted by atomic mass is 31.2. The maximum Gasteiger partial charge on any atom is 0.472 e. The molecule has 2 N–H and O–H groups in total. The molecular weight excluding hydrogens is 952 g/mol. The molecule has 0 rings (SSSR count). The van der Waals surface area contributed by atoms with Gasteiger partial charge in [-0.05, 0) is 57.4 Å². The molecule has 0 bridgehead atoms. The van der Waals surface area contributed by atoms with Gasteiger partial charge in [0.2, 0.25) is 5.91 Å². The Bertz CT molecular complexity index is 1380. The van der Waals surface area contributed by atoms with Gasteiger partial charge < -0.3 is 19.4 Å². The molecule has 0 aromatic rings. The van der Waals surface area contributed by atoms with Crippen molar-refractivity contribution in [2.24, 2.45) is 0 Å². The number of nitrogens with zero attached hydrogens (tertiary/aromatic N) is 1. The van der Waals surface area contributed by atoms with E-state index in [9.17, 15) is 19.0 Å². The van der Waals surface area contributed by atoms with Gasteiger partial charge in [-0.25, -0.2) is 4.57 Å². The monoisotopic (exact) mass is 1080 g/mol. The lowest BCUT2D eigenvalue weighted by Crippen LogP contribution is -2.47. The number of phosphoric ester groups is 1. The Morgan fingerprint density at radius 3 is 1.20 bits per heavy atom. The van der Waals surface area contributed by atoms with Gasteiger partial charge in [-0.15, -0.1) is 0 Å². The second-order valence-corrected chi connectivity index (χ2v) is 24.8. The van der Waals surface area contributed by atoms with Crippen LogP contribution >= 0.6 is 7.82 Å². The first-order valence-electron chi connectivity index (χ1n) is 32.3. The minimum atomic E-state index is -4.45. The average molecular weight is 1080 g/mol. The molecule has 0 aliphatic rings. The molecule has 0 spiro atoms. The Hall–Kier alpha value is -1.77. The lowest BCUT2D eigenvalue weighted by atomic mass is 10.0. The largest absolute Gasteiger partial charge is 0.472 e. The Balaban J connectivity index is 5.20. The Kier molecular flexibility index (Phi) is 54.2. The van der Waals surface area contributed by atoms with Crippen molar-refractivity contribution in [2.45, 2.75) is 328 Å². The van der Waals surface area contributed by atoms with Gasteiger partial charge in [-0.2, -0.15) is 0 Å². The number of rotatable bonds is 59. The number of phosphoric acid groups is 1. The molecule has 0 heterocycles.